The van der Waals surface area contributed by atoms with Crippen LogP contribution in [-0.4, -0.2) is 11.8 Å². The van der Waals surface area contributed by atoms with Crippen LogP contribution in [0, 0.1) is 6.92 Å². The zero-order valence-corrected chi connectivity index (χ0v) is 12.5. The molecule has 1 unspecified atom stereocenters. The maximum Gasteiger partial charge on any atom is 0.228 e. The standard InChI is InChI=1S/C16H16N2O2S/c1-10-6-7-21-14(10)9-17-16(20)12-8-15(19)18-13-5-3-2-4-11(12)13/h2-7,12H,8-9H2,1H3,(H,17,20)(H,18,19). The van der Waals surface area contributed by atoms with Crippen molar-refractivity contribution in [3.8, 4) is 0 Å². The van der Waals surface area contributed by atoms with Gasteiger partial charge in [0.15, 0.2) is 0 Å². The predicted octanol–water partition coefficient (Wildman–Crippen LogP) is 2.80. The van der Waals surface area contributed by atoms with Crippen molar-refractivity contribution in [3.05, 3.63) is 51.7 Å². The highest BCUT2D eigenvalue weighted by molar-refractivity contribution is 7.10. The normalized spacial score (nSPS) is 17.0. The van der Waals surface area contributed by atoms with Gasteiger partial charge in [0.1, 0.15) is 0 Å². The third-order valence-corrected chi connectivity index (χ3v) is 4.73. The van der Waals surface area contributed by atoms with Crippen LogP contribution in [0.3, 0.4) is 0 Å². The molecule has 3 rings (SSSR count). The number of carbonyl (C=O) groups excluding carboxylic acids is 2. The molecule has 0 radical (unpaired) electrons. The Hall–Kier alpha value is -2.14. The van der Waals surface area contributed by atoms with Crippen LogP contribution in [0.4, 0.5) is 5.69 Å². The Morgan fingerprint density at radius 3 is 2.95 bits per heavy atom. The Balaban J connectivity index is 1.76. The van der Waals surface area contributed by atoms with Crippen LogP contribution in [0.15, 0.2) is 35.7 Å². The summed E-state index contributed by atoms with van der Waals surface area (Å²) in [5.41, 5.74) is 2.81. The lowest BCUT2D eigenvalue weighted by Crippen LogP contribution is -2.34. The number of amides is 2. The van der Waals surface area contributed by atoms with Gasteiger partial charge in [-0.25, -0.2) is 0 Å². The van der Waals surface area contributed by atoms with E-state index >= 15 is 0 Å². The molecule has 0 fully saturated rings. The number of hydrogen-bond donors (Lipinski definition) is 2. The van der Waals surface area contributed by atoms with E-state index in [0.29, 0.717) is 6.54 Å². The van der Waals surface area contributed by atoms with Crippen LogP contribution in [-0.2, 0) is 16.1 Å². The summed E-state index contributed by atoms with van der Waals surface area (Å²) < 4.78 is 0. The molecular formula is C16H16N2O2S. The molecule has 0 aliphatic carbocycles. The van der Waals surface area contributed by atoms with E-state index in [1.165, 1.54) is 5.56 Å². The highest BCUT2D eigenvalue weighted by atomic mass is 32.1. The first-order valence-corrected chi connectivity index (χ1v) is 7.72. The van der Waals surface area contributed by atoms with Gasteiger partial charge in [-0.15, -0.1) is 11.3 Å². The lowest BCUT2D eigenvalue weighted by molar-refractivity contribution is -0.126. The molecule has 1 aliphatic heterocycles. The number of anilines is 1. The van der Waals surface area contributed by atoms with E-state index in [0.717, 1.165) is 16.1 Å². The zero-order valence-electron chi connectivity index (χ0n) is 11.7. The molecule has 21 heavy (non-hydrogen) atoms. The van der Waals surface area contributed by atoms with Crippen molar-refractivity contribution in [2.24, 2.45) is 0 Å². The number of carbonyl (C=O) groups is 2. The minimum Gasteiger partial charge on any atom is -0.351 e. The molecule has 5 heteroatoms. The van der Waals surface area contributed by atoms with Gasteiger partial charge in [0.05, 0.1) is 12.5 Å². The van der Waals surface area contributed by atoms with Crippen LogP contribution in [0.2, 0.25) is 0 Å². The van der Waals surface area contributed by atoms with Crippen molar-refractivity contribution >= 4 is 28.8 Å². The molecule has 108 valence electrons. The number of fused-ring (bicyclic) bond motifs is 1. The summed E-state index contributed by atoms with van der Waals surface area (Å²) in [6.07, 6.45) is 0.201. The Morgan fingerprint density at radius 1 is 1.38 bits per heavy atom. The average molecular weight is 300 g/mol. The second-order valence-corrected chi connectivity index (χ2v) is 6.14. The third-order valence-electron chi connectivity index (χ3n) is 3.71. The molecule has 1 aromatic heterocycles. The summed E-state index contributed by atoms with van der Waals surface area (Å²) in [5.74, 6) is -0.610. The molecule has 1 atom stereocenters. The van der Waals surface area contributed by atoms with Gasteiger partial charge in [0.2, 0.25) is 11.8 Å². The van der Waals surface area contributed by atoms with Crippen LogP contribution in [0.5, 0.6) is 0 Å². The SMILES string of the molecule is Cc1ccsc1CNC(=O)C1CC(=O)Nc2ccccc21. The summed E-state index contributed by atoms with van der Waals surface area (Å²) in [7, 11) is 0. The second kappa shape index (κ2) is 5.69. The van der Waals surface area contributed by atoms with Crippen LogP contribution >= 0.6 is 11.3 Å². The largest absolute Gasteiger partial charge is 0.351 e. The van der Waals surface area contributed by atoms with E-state index in [4.69, 9.17) is 0 Å². The molecule has 0 bridgehead atoms. The zero-order chi connectivity index (χ0) is 14.8. The van der Waals surface area contributed by atoms with Gasteiger partial charge in [-0.05, 0) is 35.6 Å². The van der Waals surface area contributed by atoms with Crippen molar-refractivity contribution in [3.63, 3.8) is 0 Å². The van der Waals surface area contributed by atoms with Gasteiger partial charge in [0.25, 0.3) is 0 Å². The van der Waals surface area contributed by atoms with Crippen molar-refractivity contribution in [1.29, 1.82) is 0 Å². The van der Waals surface area contributed by atoms with Crippen LogP contribution < -0.4 is 10.6 Å². The van der Waals surface area contributed by atoms with Crippen molar-refractivity contribution in [2.45, 2.75) is 25.8 Å². The first-order chi connectivity index (χ1) is 10.1. The molecule has 0 saturated heterocycles. The number of hydrogen-bond acceptors (Lipinski definition) is 3. The lowest BCUT2D eigenvalue weighted by Gasteiger charge is -2.24. The Kier molecular flexibility index (Phi) is 3.75. The highest BCUT2D eigenvalue weighted by Crippen LogP contribution is 2.32. The van der Waals surface area contributed by atoms with Gasteiger partial charge in [-0.3, -0.25) is 9.59 Å². The molecule has 2 heterocycles. The number of benzene rings is 1. The number of para-hydroxylation sites is 1. The second-order valence-electron chi connectivity index (χ2n) is 5.14. The van der Waals surface area contributed by atoms with Gasteiger partial charge >= 0.3 is 0 Å². The first kappa shape index (κ1) is 13.8. The molecule has 4 nitrogen and oxygen atoms in total. The van der Waals surface area contributed by atoms with Gasteiger partial charge < -0.3 is 10.6 Å². The summed E-state index contributed by atoms with van der Waals surface area (Å²) in [6.45, 7) is 2.55. The summed E-state index contributed by atoms with van der Waals surface area (Å²) >= 11 is 1.63. The van der Waals surface area contributed by atoms with Crippen molar-refractivity contribution in [2.75, 3.05) is 5.32 Å². The first-order valence-electron chi connectivity index (χ1n) is 6.84. The van der Waals surface area contributed by atoms with E-state index < -0.39 is 5.92 Å². The van der Waals surface area contributed by atoms with E-state index in [1.807, 2.05) is 42.6 Å². The maximum absolute atomic E-state index is 12.4. The van der Waals surface area contributed by atoms with E-state index in [2.05, 4.69) is 10.6 Å². The summed E-state index contributed by atoms with van der Waals surface area (Å²) in [5, 5.41) is 7.77. The van der Waals surface area contributed by atoms with E-state index in [9.17, 15) is 9.59 Å². The minimum absolute atomic E-state index is 0.0925. The minimum atomic E-state index is -0.407. The van der Waals surface area contributed by atoms with E-state index in [1.54, 1.807) is 11.3 Å². The Bertz CT molecular complexity index is 693. The fourth-order valence-corrected chi connectivity index (χ4v) is 3.37. The van der Waals surface area contributed by atoms with E-state index in [-0.39, 0.29) is 18.2 Å². The quantitative estimate of drug-likeness (QED) is 0.915. The fourth-order valence-electron chi connectivity index (χ4n) is 2.52. The topological polar surface area (TPSA) is 58.2 Å². The smallest absolute Gasteiger partial charge is 0.228 e. The van der Waals surface area contributed by atoms with Crippen LogP contribution in [0.1, 0.15) is 28.3 Å². The summed E-state index contributed by atoms with van der Waals surface area (Å²) in [4.78, 5) is 25.3. The molecule has 0 spiro atoms. The molecule has 2 amide bonds. The highest BCUT2D eigenvalue weighted by Gasteiger charge is 2.30. The van der Waals surface area contributed by atoms with Crippen LogP contribution in [0.25, 0.3) is 0 Å². The number of rotatable bonds is 3. The molecular weight excluding hydrogens is 284 g/mol. The molecule has 2 N–H and O–H groups in total. The predicted molar refractivity (Wildman–Crippen MR) is 83.3 cm³/mol. The number of aryl methyl sites for hydroxylation is 1. The molecule has 2 aromatic rings. The number of thiophene rings is 1. The fraction of sp³-hybridized carbons (Fsp3) is 0.250. The third kappa shape index (κ3) is 2.83. The maximum atomic E-state index is 12.4. The van der Waals surface area contributed by atoms with Gasteiger partial charge in [-0.1, -0.05) is 18.2 Å². The van der Waals surface area contributed by atoms with Crippen molar-refractivity contribution < 1.29 is 9.59 Å². The molecule has 0 saturated carbocycles. The lowest BCUT2D eigenvalue weighted by atomic mass is 9.90. The molecule has 1 aromatic carbocycles. The number of nitrogens with one attached hydrogen (secondary N) is 2. The Morgan fingerprint density at radius 2 is 2.19 bits per heavy atom. The van der Waals surface area contributed by atoms with Gasteiger partial charge in [-0.2, -0.15) is 0 Å². The molecule has 1 aliphatic rings. The summed E-state index contributed by atoms with van der Waals surface area (Å²) in [6, 6.07) is 9.51. The Labute approximate surface area is 127 Å². The van der Waals surface area contributed by atoms with Crippen molar-refractivity contribution in [1.82, 2.24) is 5.32 Å². The monoisotopic (exact) mass is 300 g/mol. The average Bonchev–Trinajstić information content (AvgIpc) is 2.89. The van der Waals surface area contributed by atoms with Gasteiger partial charge in [0, 0.05) is 17.0 Å².